The standard InChI is InChI=1S/C40H56N4O5S/c1-4-8-30-10-5-6-11-35(30)33-23-44-22-32-12-14-36(32)40(46,27-42-17-18-43-19-20-48-26-34(43)24-42)16-7-9-28(2)29(3)50(47)41-39(45)31-13-15-38(49-25-33)37(44)21-31/h5-7,10-11,13,15-16,21,28-29,32-34,36,46H,4,8-9,12,14,17-20,22-27H2,1-3H3,(H,41,45)/b16-7+. The van der Waals surface area contributed by atoms with Crippen LogP contribution in [0.2, 0.25) is 0 Å². The Kier molecular flexibility index (Phi) is 11.0. The maximum atomic E-state index is 13.5. The number of nitrogens with one attached hydrogen (secondary N) is 1. The van der Waals surface area contributed by atoms with Crippen molar-refractivity contribution in [2.45, 2.75) is 75.7 Å². The molecule has 2 aromatic carbocycles. The molecule has 7 rings (SSSR count). The molecule has 4 heterocycles. The number of nitrogens with zero attached hydrogens (tertiary/aromatic N) is 3. The van der Waals surface area contributed by atoms with E-state index in [0.717, 1.165) is 89.6 Å². The quantitative estimate of drug-likeness (QED) is 0.431. The van der Waals surface area contributed by atoms with Gasteiger partial charge in [-0.1, -0.05) is 56.7 Å². The monoisotopic (exact) mass is 704 g/mol. The molecular weight excluding hydrogens is 649 g/mol. The summed E-state index contributed by atoms with van der Waals surface area (Å²) in [6.07, 6.45) is 8.97. The number of piperazine rings is 1. The van der Waals surface area contributed by atoms with Crippen molar-refractivity contribution in [3.63, 3.8) is 0 Å². The molecule has 1 saturated carbocycles. The Bertz CT molecular complexity index is 1570. The average Bonchev–Trinajstić information content (AvgIpc) is 3.28. The highest BCUT2D eigenvalue weighted by molar-refractivity contribution is 7.84. The first-order chi connectivity index (χ1) is 24.2. The van der Waals surface area contributed by atoms with Crippen LogP contribution in [0, 0.1) is 17.8 Å². The SMILES string of the molecule is CCCc1ccccc1C1COc2ccc3cc2N(C1)CC1CCC1C(O)(CN1CCN2CCOCC2C1)/C=C/CC(C)C(C)S(=O)NC3=O. The number of allylic oxidation sites excluding steroid dienone is 1. The number of amides is 1. The Morgan fingerprint density at radius 3 is 2.72 bits per heavy atom. The molecule has 1 amide bonds. The molecule has 2 saturated heterocycles. The number of β-amino-alcohol motifs (C(OH)–C–C–N with tert-alkyl or cyclic N) is 1. The Hall–Kier alpha value is -2.76. The molecule has 50 heavy (non-hydrogen) atoms. The molecule has 8 unspecified atom stereocenters. The molecule has 0 aromatic heterocycles. The summed E-state index contributed by atoms with van der Waals surface area (Å²) in [4.78, 5) is 20.9. The first-order valence-electron chi connectivity index (χ1n) is 19.0. The van der Waals surface area contributed by atoms with Crippen molar-refractivity contribution in [1.29, 1.82) is 0 Å². The van der Waals surface area contributed by atoms with Gasteiger partial charge in [-0.05, 0) is 79.7 Å². The van der Waals surface area contributed by atoms with Crippen LogP contribution in [0.25, 0.3) is 0 Å². The number of rotatable bonds is 5. The van der Waals surface area contributed by atoms with Crippen molar-refractivity contribution >= 4 is 22.6 Å². The molecule has 1 aliphatic carbocycles. The van der Waals surface area contributed by atoms with E-state index in [4.69, 9.17) is 9.47 Å². The second-order valence-corrected chi connectivity index (χ2v) is 17.1. The summed E-state index contributed by atoms with van der Waals surface area (Å²) in [5.41, 5.74) is 3.06. The Morgan fingerprint density at radius 1 is 1.04 bits per heavy atom. The first-order valence-corrected chi connectivity index (χ1v) is 20.2. The third-order valence-electron chi connectivity index (χ3n) is 12.2. The summed E-state index contributed by atoms with van der Waals surface area (Å²) in [5, 5.41) is 12.5. The van der Waals surface area contributed by atoms with Gasteiger partial charge in [0.05, 0.1) is 36.4 Å². The molecule has 8 atom stereocenters. The summed E-state index contributed by atoms with van der Waals surface area (Å²) >= 11 is 0. The van der Waals surface area contributed by atoms with Gasteiger partial charge in [-0.25, -0.2) is 4.21 Å². The van der Waals surface area contributed by atoms with Crippen molar-refractivity contribution in [3.05, 3.63) is 71.3 Å². The largest absolute Gasteiger partial charge is 0.491 e. The summed E-state index contributed by atoms with van der Waals surface area (Å²) < 4.78 is 28.6. The fraction of sp³-hybridized carbons (Fsp3) is 0.625. The molecule has 3 fully saturated rings. The molecule has 9 nitrogen and oxygen atoms in total. The molecule has 272 valence electrons. The molecule has 0 radical (unpaired) electrons. The molecule has 0 spiro atoms. The van der Waals surface area contributed by atoms with Gasteiger partial charge in [0.25, 0.3) is 5.91 Å². The van der Waals surface area contributed by atoms with Crippen LogP contribution < -0.4 is 14.4 Å². The summed E-state index contributed by atoms with van der Waals surface area (Å²) in [6.45, 7) is 14.3. The van der Waals surface area contributed by atoms with Crippen molar-refractivity contribution in [2.75, 3.05) is 70.5 Å². The molecule has 2 bridgehead atoms. The average molecular weight is 705 g/mol. The zero-order valence-corrected chi connectivity index (χ0v) is 30.9. The topological polar surface area (TPSA) is 94.6 Å². The van der Waals surface area contributed by atoms with Crippen LogP contribution in [0.15, 0.2) is 54.6 Å². The van der Waals surface area contributed by atoms with Crippen molar-refractivity contribution in [2.24, 2.45) is 17.8 Å². The maximum Gasteiger partial charge on any atom is 0.263 e. The zero-order valence-electron chi connectivity index (χ0n) is 30.1. The number of anilines is 1. The van der Waals surface area contributed by atoms with E-state index in [9.17, 15) is 14.1 Å². The highest BCUT2D eigenvalue weighted by Gasteiger charge is 2.47. The van der Waals surface area contributed by atoms with Gasteiger partial charge in [-0.15, -0.1) is 0 Å². The van der Waals surface area contributed by atoms with E-state index in [2.05, 4.69) is 69.7 Å². The van der Waals surface area contributed by atoms with Crippen LogP contribution in [0.5, 0.6) is 5.75 Å². The van der Waals surface area contributed by atoms with Gasteiger partial charge < -0.3 is 19.5 Å². The predicted octanol–water partition coefficient (Wildman–Crippen LogP) is 4.77. The van der Waals surface area contributed by atoms with Gasteiger partial charge in [0.2, 0.25) is 0 Å². The Labute approximate surface area is 301 Å². The van der Waals surface area contributed by atoms with E-state index in [0.29, 0.717) is 31.2 Å². The number of carbonyl (C=O) groups is 1. The van der Waals surface area contributed by atoms with Gasteiger partial charge in [-0.2, -0.15) is 0 Å². The Balaban J connectivity index is 1.23. The lowest BCUT2D eigenvalue weighted by molar-refractivity contribution is -0.0902. The number of aliphatic hydroxyl groups is 1. The van der Waals surface area contributed by atoms with Gasteiger partial charge in [0.1, 0.15) is 16.7 Å². The highest BCUT2D eigenvalue weighted by atomic mass is 32.2. The van der Waals surface area contributed by atoms with E-state index in [-0.39, 0.29) is 34.8 Å². The molecular formula is C40H56N4O5S. The van der Waals surface area contributed by atoms with Gasteiger partial charge in [0.15, 0.2) is 0 Å². The van der Waals surface area contributed by atoms with Gasteiger partial charge in [0, 0.05) is 63.3 Å². The summed E-state index contributed by atoms with van der Waals surface area (Å²) in [6, 6.07) is 14.7. The van der Waals surface area contributed by atoms with Crippen LogP contribution >= 0.6 is 0 Å². The molecule has 4 aliphatic heterocycles. The minimum atomic E-state index is -1.56. The van der Waals surface area contributed by atoms with Crippen LogP contribution in [0.3, 0.4) is 0 Å². The second-order valence-electron chi connectivity index (χ2n) is 15.5. The maximum absolute atomic E-state index is 13.5. The van der Waals surface area contributed by atoms with Gasteiger partial charge in [-0.3, -0.25) is 19.3 Å². The molecule has 10 heteroatoms. The lowest BCUT2D eigenvalue weighted by Gasteiger charge is -2.51. The molecule has 5 aliphatic rings. The summed E-state index contributed by atoms with van der Waals surface area (Å²) in [5.74, 6) is 0.998. The van der Waals surface area contributed by atoms with E-state index in [1.54, 1.807) is 6.07 Å². The van der Waals surface area contributed by atoms with Crippen LogP contribution in [-0.2, 0) is 22.1 Å². The summed E-state index contributed by atoms with van der Waals surface area (Å²) in [7, 11) is -1.56. The predicted molar refractivity (Wildman–Crippen MR) is 199 cm³/mol. The van der Waals surface area contributed by atoms with Crippen molar-refractivity contribution in [3.8, 4) is 5.75 Å². The molecule has 2 N–H and O–H groups in total. The first kappa shape index (κ1) is 35.6. The zero-order chi connectivity index (χ0) is 34.8. The number of benzene rings is 2. The number of aryl methyl sites for hydroxylation is 1. The van der Waals surface area contributed by atoms with Crippen LogP contribution in [0.1, 0.15) is 73.9 Å². The van der Waals surface area contributed by atoms with E-state index in [1.807, 2.05) is 19.1 Å². The van der Waals surface area contributed by atoms with E-state index < -0.39 is 16.6 Å². The van der Waals surface area contributed by atoms with Gasteiger partial charge >= 0.3 is 0 Å². The second kappa shape index (κ2) is 15.5. The van der Waals surface area contributed by atoms with Crippen molar-refractivity contribution < 1.29 is 23.6 Å². The third kappa shape index (κ3) is 7.56. The fourth-order valence-corrected chi connectivity index (χ4v) is 9.91. The third-order valence-corrected chi connectivity index (χ3v) is 13.7. The Morgan fingerprint density at radius 2 is 1.90 bits per heavy atom. The van der Waals surface area contributed by atoms with E-state index >= 15 is 0 Å². The number of carbonyl (C=O) groups excluding carboxylic acids is 1. The minimum Gasteiger partial charge on any atom is -0.491 e. The molecule has 2 aromatic rings. The van der Waals surface area contributed by atoms with E-state index in [1.165, 1.54) is 11.1 Å². The number of fused-ring (bicyclic) bond motifs is 3. The lowest BCUT2D eigenvalue weighted by atomic mass is 9.64. The number of morpholine rings is 1. The van der Waals surface area contributed by atoms with Crippen molar-refractivity contribution in [1.82, 2.24) is 14.5 Å². The lowest BCUT2D eigenvalue weighted by Crippen LogP contribution is -2.62. The normalized spacial score (nSPS) is 34.7. The number of ether oxygens (including phenoxy) is 2. The minimum absolute atomic E-state index is 0.0492. The van der Waals surface area contributed by atoms with Crippen LogP contribution in [-0.4, -0.2) is 108 Å². The van der Waals surface area contributed by atoms with Crippen LogP contribution in [0.4, 0.5) is 5.69 Å². The number of hydrogen-bond acceptors (Lipinski definition) is 8. The smallest absolute Gasteiger partial charge is 0.263 e. The highest BCUT2D eigenvalue weighted by Crippen LogP contribution is 2.46. The fourth-order valence-electron chi connectivity index (χ4n) is 8.89. The number of hydrogen-bond donors (Lipinski definition) is 2.